The molecule has 184 valence electrons. The van der Waals surface area contributed by atoms with E-state index < -0.39 is 17.8 Å². The fourth-order valence-electron chi connectivity index (χ4n) is 4.29. The van der Waals surface area contributed by atoms with Crippen LogP contribution in [0.15, 0.2) is 47.6 Å². The number of alkyl halides is 3. The van der Waals surface area contributed by atoms with Crippen LogP contribution in [0.4, 0.5) is 24.7 Å². The first kappa shape index (κ1) is 24.4. The third-order valence-electron chi connectivity index (χ3n) is 5.87. The Morgan fingerprint density at radius 2 is 1.97 bits per heavy atom. The van der Waals surface area contributed by atoms with E-state index in [1.807, 2.05) is 13.0 Å². The van der Waals surface area contributed by atoms with Gasteiger partial charge in [-0.25, -0.2) is 9.97 Å². The molecule has 0 radical (unpaired) electrons. The molecule has 0 bridgehead atoms. The third kappa shape index (κ3) is 6.06. The zero-order chi connectivity index (χ0) is 25.2. The molecule has 1 aliphatic carbocycles. The van der Waals surface area contributed by atoms with Crippen LogP contribution in [0.5, 0.6) is 0 Å². The molecule has 1 amide bonds. The molecule has 2 heterocycles. The molecule has 7 nitrogen and oxygen atoms in total. The van der Waals surface area contributed by atoms with Gasteiger partial charge < -0.3 is 15.7 Å². The number of hydrogen-bond donors (Lipinski definition) is 2. The van der Waals surface area contributed by atoms with Gasteiger partial charge in [0, 0.05) is 30.2 Å². The van der Waals surface area contributed by atoms with Gasteiger partial charge >= 0.3 is 6.18 Å². The van der Waals surface area contributed by atoms with Crippen LogP contribution >= 0.6 is 0 Å². The van der Waals surface area contributed by atoms with Gasteiger partial charge in [-0.3, -0.25) is 9.79 Å². The first-order valence-corrected chi connectivity index (χ1v) is 11.3. The smallest absolute Gasteiger partial charge is 0.433 e. The Labute approximate surface area is 200 Å². The maximum Gasteiger partial charge on any atom is 0.433 e. The monoisotopic (exact) mass is 484 g/mol. The van der Waals surface area contributed by atoms with Gasteiger partial charge in [0.15, 0.2) is 0 Å². The number of pyridine rings is 2. The molecule has 0 spiro atoms. The largest absolute Gasteiger partial charge is 0.858 e. The predicted molar refractivity (Wildman–Crippen MR) is 126 cm³/mol. The van der Waals surface area contributed by atoms with Crippen LogP contribution in [0.3, 0.4) is 0 Å². The zero-order valence-corrected chi connectivity index (χ0v) is 19.3. The summed E-state index contributed by atoms with van der Waals surface area (Å²) >= 11 is 0. The van der Waals surface area contributed by atoms with Crippen LogP contribution in [0.25, 0.3) is 10.9 Å². The maximum absolute atomic E-state index is 13.4. The molecule has 1 aliphatic rings. The van der Waals surface area contributed by atoms with Crippen LogP contribution in [0.2, 0.25) is 0 Å². The lowest BCUT2D eigenvalue weighted by Crippen LogP contribution is -2.31. The molecule has 2 N–H and O–H groups in total. The van der Waals surface area contributed by atoms with Crippen molar-refractivity contribution in [2.75, 3.05) is 10.6 Å². The number of aromatic nitrogens is 2. The number of fused-ring (bicyclic) bond motifs is 1. The molecule has 1 unspecified atom stereocenters. The van der Waals surface area contributed by atoms with E-state index in [2.05, 4.69) is 25.6 Å². The van der Waals surface area contributed by atoms with Crippen molar-refractivity contribution in [2.45, 2.75) is 57.8 Å². The van der Waals surface area contributed by atoms with E-state index in [-0.39, 0.29) is 29.3 Å². The van der Waals surface area contributed by atoms with E-state index in [4.69, 9.17) is 0 Å². The zero-order valence-electron chi connectivity index (χ0n) is 19.3. The Hall–Kier alpha value is -3.69. The van der Waals surface area contributed by atoms with Gasteiger partial charge in [-0.05, 0) is 74.4 Å². The van der Waals surface area contributed by atoms with E-state index in [9.17, 15) is 23.1 Å². The molecular formula is C25H25F3N5O2-. The SMILES string of the molecule is CC(=O)Nc1cc(C([O-])=NC2CCC[C@H](Nc3cc(C(F)(F)F)nc4ccc(C)cc34)C2)ccn1. The number of rotatable bonds is 5. The van der Waals surface area contributed by atoms with Crippen molar-refractivity contribution in [1.29, 1.82) is 0 Å². The average Bonchev–Trinajstić information content (AvgIpc) is 2.78. The van der Waals surface area contributed by atoms with Crippen molar-refractivity contribution in [3.63, 3.8) is 0 Å². The van der Waals surface area contributed by atoms with Crippen LogP contribution < -0.4 is 15.7 Å². The minimum atomic E-state index is -4.56. The Morgan fingerprint density at radius 1 is 1.17 bits per heavy atom. The van der Waals surface area contributed by atoms with E-state index in [0.29, 0.717) is 29.5 Å². The Kier molecular flexibility index (Phi) is 6.90. The summed E-state index contributed by atoms with van der Waals surface area (Å²) < 4.78 is 40.3. The van der Waals surface area contributed by atoms with Crippen LogP contribution in [-0.2, 0) is 11.0 Å². The van der Waals surface area contributed by atoms with Crippen molar-refractivity contribution in [2.24, 2.45) is 4.99 Å². The second-order valence-corrected chi connectivity index (χ2v) is 8.78. The summed E-state index contributed by atoms with van der Waals surface area (Å²) in [5, 5.41) is 19.1. The summed E-state index contributed by atoms with van der Waals surface area (Å²) in [7, 11) is 0. The van der Waals surface area contributed by atoms with Crippen LogP contribution in [-0.4, -0.2) is 33.9 Å². The normalized spacial score (nSPS) is 18.9. The van der Waals surface area contributed by atoms with E-state index in [1.54, 1.807) is 12.1 Å². The van der Waals surface area contributed by atoms with Gasteiger partial charge in [-0.15, -0.1) is 0 Å². The summed E-state index contributed by atoms with van der Waals surface area (Å²) in [5.74, 6) is -0.455. The number of nitrogens with zero attached hydrogens (tertiary/aromatic N) is 3. The van der Waals surface area contributed by atoms with E-state index in [0.717, 1.165) is 24.5 Å². The molecule has 0 saturated heterocycles. The molecule has 4 rings (SSSR count). The fraction of sp³-hybridized carbons (Fsp3) is 0.360. The minimum absolute atomic E-state index is 0.148. The van der Waals surface area contributed by atoms with Gasteiger partial charge in [0.25, 0.3) is 0 Å². The number of halogens is 3. The van der Waals surface area contributed by atoms with Gasteiger partial charge in [0.05, 0.1) is 11.6 Å². The van der Waals surface area contributed by atoms with Gasteiger partial charge in [-0.2, -0.15) is 13.2 Å². The summed E-state index contributed by atoms with van der Waals surface area (Å²) in [5.41, 5.74) is 0.922. The highest BCUT2D eigenvalue weighted by Gasteiger charge is 2.34. The molecule has 0 aliphatic heterocycles. The van der Waals surface area contributed by atoms with Crippen molar-refractivity contribution >= 4 is 34.2 Å². The van der Waals surface area contributed by atoms with Gasteiger partial charge in [-0.1, -0.05) is 11.6 Å². The Morgan fingerprint density at radius 3 is 2.71 bits per heavy atom. The standard InChI is InChI=1S/C25H26F3N5O2/c1-14-6-7-20-19(10-14)21(13-22(33-20)25(26,27)28)31-17-4-3-5-18(12-17)32-24(35)16-8-9-29-23(11-16)30-15(2)34/h6-11,13,17-18H,3-5,12H2,1-2H3,(H,31,33)(H,32,35)(H,29,30,34)/p-1/t17-,18?/m0/s1. The number of carbonyl (C=O) groups is 1. The summed E-state index contributed by atoms with van der Waals surface area (Å²) in [6.07, 6.45) is -0.398. The number of amides is 1. The quantitative estimate of drug-likeness (QED) is 0.412. The van der Waals surface area contributed by atoms with E-state index >= 15 is 0 Å². The van der Waals surface area contributed by atoms with Crippen LogP contribution in [0, 0.1) is 6.92 Å². The number of benzene rings is 1. The summed E-state index contributed by atoms with van der Waals surface area (Å²) in [6.45, 7) is 3.22. The molecule has 35 heavy (non-hydrogen) atoms. The number of anilines is 2. The molecule has 1 aromatic carbocycles. The first-order chi connectivity index (χ1) is 16.6. The molecule has 1 fully saturated rings. The Bertz CT molecular complexity index is 1280. The van der Waals surface area contributed by atoms with Gasteiger partial charge in [0.2, 0.25) is 5.91 Å². The predicted octanol–water partition coefficient (Wildman–Crippen LogP) is 4.45. The van der Waals surface area contributed by atoms with E-state index in [1.165, 1.54) is 25.3 Å². The second kappa shape index (κ2) is 9.89. The lowest BCUT2D eigenvalue weighted by atomic mass is 9.91. The second-order valence-electron chi connectivity index (χ2n) is 8.78. The van der Waals surface area contributed by atoms with Crippen molar-refractivity contribution < 1.29 is 23.1 Å². The fourth-order valence-corrected chi connectivity index (χ4v) is 4.29. The lowest BCUT2D eigenvalue weighted by Gasteiger charge is -2.30. The van der Waals surface area contributed by atoms with Crippen molar-refractivity contribution in [1.82, 2.24) is 9.97 Å². The van der Waals surface area contributed by atoms with Crippen molar-refractivity contribution in [3.8, 4) is 0 Å². The number of nitrogens with one attached hydrogen (secondary N) is 2. The molecule has 1 saturated carbocycles. The highest BCUT2D eigenvalue weighted by molar-refractivity contribution is 5.94. The topological polar surface area (TPSA) is 102 Å². The number of aryl methyl sites for hydroxylation is 1. The molecule has 2 aromatic heterocycles. The first-order valence-electron chi connectivity index (χ1n) is 11.3. The highest BCUT2D eigenvalue weighted by atomic mass is 19.4. The number of hydrogen-bond acceptors (Lipinski definition) is 6. The Balaban J connectivity index is 1.55. The third-order valence-corrected chi connectivity index (χ3v) is 5.87. The highest BCUT2D eigenvalue weighted by Crippen LogP contribution is 2.35. The minimum Gasteiger partial charge on any atom is -0.858 e. The summed E-state index contributed by atoms with van der Waals surface area (Å²) in [6, 6.07) is 8.76. The number of aliphatic imine (C=N–C) groups is 1. The maximum atomic E-state index is 13.4. The van der Waals surface area contributed by atoms with Crippen molar-refractivity contribution in [3.05, 3.63) is 59.4 Å². The average molecular weight is 485 g/mol. The summed E-state index contributed by atoms with van der Waals surface area (Å²) in [4.78, 5) is 23.4. The number of carbonyl (C=O) groups excluding carboxylic acids is 1. The van der Waals surface area contributed by atoms with Crippen LogP contribution in [0.1, 0.15) is 49.4 Å². The lowest BCUT2D eigenvalue weighted by molar-refractivity contribution is -0.213. The molecule has 3 aromatic rings. The van der Waals surface area contributed by atoms with Gasteiger partial charge in [0.1, 0.15) is 11.5 Å². The molecule has 10 heteroatoms. The molecule has 2 atom stereocenters. The molecular weight excluding hydrogens is 459 g/mol.